The van der Waals surface area contributed by atoms with Crippen LogP contribution in [0.3, 0.4) is 0 Å². The van der Waals surface area contributed by atoms with E-state index >= 15 is 0 Å². The summed E-state index contributed by atoms with van der Waals surface area (Å²) in [7, 11) is -3.09. The van der Waals surface area contributed by atoms with Gasteiger partial charge in [-0.15, -0.1) is 0 Å². The van der Waals surface area contributed by atoms with E-state index < -0.39 is 15.8 Å². The highest BCUT2D eigenvalue weighted by Crippen LogP contribution is 2.22. The van der Waals surface area contributed by atoms with Crippen LogP contribution >= 0.6 is 0 Å². The topological polar surface area (TPSA) is 73.2 Å². The van der Waals surface area contributed by atoms with Crippen molar-refractivity contribution in [1.29, 1.82) is 5.26 Å². The summed E-state index contributed by atoms with van der Waals surface area (Å²) in [4.78, 5) is 0. The maximum absolute atomic E-state index is 13.0. The number of anilines is 1. The van der Waals surface area contributed by atoms with Crippen LogP contribution in [0, 0.1) is 23.1 Å². The van der Waals surface area contributed by atoms with Crippen LogP contribution in [0.15, 0.2) is 18.2 Å². The minimum Gasteiger partial charge on any atom is -0.384 e. The molecule has 0 aromatic heterocycles. The summed E-state index contributed by atoms with van der Waals surface area (Å²) >= 11 is 0. The Morgan fingerprint density at radius 3 is 2.80 bits per heavy atom. The van der Waals surface area contributed by atoms with Gasteiger partial charge in [0.2, 0.25) is 10.0 Å². The SMILES string of the molecule is CCS(=O)(=O)N1CC(CNc2ccc(F)cc2C#N)C1. The number of hydrogen-bond acceptors (Lipinski definition) is 4. The molecule has 20 heavy (non-hydrogen) atoms. The third-order valence-electron chi connectivity index (χ3n) is 3.37. The van der Waals surface area contributed by atoms with Crippen LogP contribution in [-0.2, 0) is 10.0 Å². The fourth-order valence-corrected chi connectivity index (χ4v) is 3.32. The molecular weight excluding hydrogens is 281 g/mol. The molecule has 0 radical (unpaired) electrons. The fourth-order valence-electron chi connectivity index (χ4n) is 2.08. The number of sulfonamides is 1. The van der Waals surface area contributed by atoms with E-state index in [4.69, 9.17) is 5.26 Å². The van der Waals surface area contributed by atoms with Gasteiger partial charge in [-0.05, 0) is 25.1 Å². The lowest BCUT2D eigenvalue weighted by molar-refractivity contribution is 0.212. The molecule has 0 bridgehead atoms. The van der Waals surface area contributed by atoms with E-state index in [0.717, 1.165) is 0 Å². The Bertz CT molecular complexity index is 634. The Balaban J connectivity index is 1.89. The van der Waals surface area contributed by atoms with Gasteiger partial charge in [-0.25, -0.2) is 17.1 Å². The van der Waals surface area contributed by atoms with Crippen LogP contribution < -0.4 is 5.32 Å². The second-order valence-electron chi connectivity index (χ2n) is 4.77. The zero-order chi connectivity index (χ0) is 14.8. The number of nitriles is 1. The van der Waals surface area contributed by atoms with Crippen molar-refractivity contribution in [2.45, 2.75) is 6.92 Å². The summed E-state index contributed by atoms with van der Waals surface area (Å²) in [5.41, 5.74) is 0.827. The molecule has 0 amide bonds. The van der Waals surface area contributed by atoms with E-state index in [9.17, 15) is 12.8 Å². The Kier molecular flexibility index (Phi) is 4.26. The number of nitrogens with one attached hydrogen (secondary N) is 1. The Morgan fingerprint density at radius 2 is 2.20 bits per heavy atom. The zero-order valence-corrected chi connectivity index (χ0v) is 12.0. The maximum Gasteiger partial charge on any atom is 0.213 e. The molecule has 1 aliphatic rings. The van der Waals surface area contributed by atoms with E-state index in [0.29, 0.717) is 25.3 Å². The number of halogens is 1. The van der Waals surface area contributed by atoms with Gasteiger partial charge in [0.25, 0.3) is 0 Å². The van der Waals surface area contributed by atoms with Crippen LogP contribution in [0.2, 0.25) is 0 Å². The predicted molar refractivity (Wildman–Crippen MR) is 74.1 cm³/mol. The van der Waals surface area contributed by atoms with Crippen molar-refractivity contribution in [2.24, 2.45) is 5.92 Å². The number of rotatable bonds is 5. The molecule has 1 aromatic rings. The van der Waals surface area contributed by atoms with Crippen LogP contribution in [0.4, 0.5) is 10.1 Å². The highest BCUT2D eigenvalue weighted by Gasteiger charge is 2.34. The summed E-state index contributed by atoms with van der Waals surface area (Å²) in [5.74, 6) is -0.118. The smallest absolute Gasteiger partial charge is 0.213 e. The zero-order valence-electron chi connectivity index (χ0n) is 11.1. The van der Waals surface area contributed by atoms with Crippen molar-refractivity contribution in [2.75, 3.05) is 30.7 Å². The van der Waals surface area contributed by atoms with Crippen molar-refractivity contribution in [3.63, 3.8) is 0 Å². The largest absolute Gasteiger partial charge is 0.384 e. The van der Waals surface area contributed by atoms with Gasteiger partial charge in [-0.2, -0.15) is 5.26 Å². The molecule has 1 aliphatic heterocycles. The molecule has 108 valence electrons. The third kappa shape index (κ3) is 3.08. The van der Waals surface area contributed by atoms with Gasteiger partial charge >= 0.3 is 0 Å². The summed E-state index contributed by atoms with van der Waals surface area (Å²) in [5, 5.41) is 12.0. The van der Waals surface area contributed by atoms with Crippen molar-refractivity contribution in [1.82, 2.24) is 4.31 Å². The van der Waals surface area contributed by atoms with Gasteiger partial charge in [-0.3, -0.25) is 0 Å². The monoisotopic (exact) mass is 297 g/mol. The van der Waals surface area contributed by atoms with Gasteiger partial charge in [0, 0.05) is 25.6 Å². The van der Waals surface area contributed by atoms with Crippen molar-refractivity contribution in [3.8, 4) is 6.07 Å². The van der Waals surface area contributed by atoms with E-state index in [1.165, 1.54) is 22.5 Å². The first-order valence-electron chi connectivity index (χ1n) is 6.37. The van der Waals surface area contributed by atoms with Crippen molar-refractivity contribution in [3.05, 3.63) is 29.6 Å². The number of benzene rings is 1. The second kappa shape index (κ2) is 5.77. The summed E-state index contributed by atoms with van der Waals surface area (Å²) in [6, 6.07) is 5.92. The Labute approximate surface area is 118 Å². The minimum atomic E-state index is -3.09. The van der Waals surface area contributed by atoms with Crippen LogP contribution in [-0.4, -0.2) is 38.1 Å². The third-order valence-corrected chi connectivity index (χ3v) is 5.18. The van der Waals surface area contributed by atoms with Crippen molar-refractivity contribution < 1.29 is 12.8 Å². The molecule has 0 saturated carbocycles. The van der Waals surface area contributed by atoms with Gasteiger partial charge < -0.3 is 5.32 Å². The maximum atomic E-state index is 13.0. The molecule has 7 heteroatoms. The highest BCUT2D eigenvalue weighted by molar-refractivity contribution is 7.89. The van der Waals surface area contributed by atoms with Crippen LogP contribution in [0.5, 0.6) is 0 Å². The van der Waals surface area contributed by atoms with E-state index in [1.807, 2.05) is 6.07 Å². The van der Waals surface area contributed by atoms with Gasteiger partial charge in [0.1, 0.15) is 11.9 Å². The molecule has 0 unspecified atom stereocenters. The Hall–Kier alpha value is -1.65. The number of nitrogens with zero attached hydrogens (tertiary/aromatic N) is 2. The average Bonchev–Trinajstić information content (AvgIpc) is 2.38. The highest BCUT2D eigenvalue weighted by atomic mass is 32.2. The normalized spacial score (nSPS) is 16.4. The molecular formula is C13H16FN3O2S. The first kappa shape index (κ1) is 14.8. The lowest BCUT2D eigenvalue weighted by Crippen LogP contribution is -2.52. The molecule has 0 aliphatic carbocycles. The summed E-state index contributed by atoms with van der Waals surface area (Å²) in [6.07, 6.45) is 0. The fraction of sp³-hybridized carbons (Fsp3) is 0.462. The predicted octanol–water partition coefficient (Wildman–Crippen LogP) is 1.39. The molecule has 1 fully saturated rings. The standard InChI is InChI=1S/C13H16FN3O2S/c1-2-20(18,19)17-8-10(9-17)7-16-13-4-3-12(14)5-11(13)6-15/h3-5,10,16H,2,7-9H2,1H3. The van der Waals surface area contributed by atoms with Gasteiger partial charge in [0.15, 0.2) is 0 Å². The van der Waals surface area contributed by atoms with Gasteiger partial charge in [0.05, 0.1) is 17.0 Å². The molecule has 0 spiro atoms. The lowest BCUT2D eigenvalue weighted by atomic mass is 10.0. The first-order chi connectivity index (χ1) is 9.46. The molecule has 1 aromatic carbocycles. The van der Waals surface area contributed by atoms with E-state index in [2.05, 4.69) is 5.32 Å². The van der Waals surface area contributed by atoms with E-state index in [-0.39, 0.29) is 17.2 Å². The number of hydrogen-bond donors (Lipinski definition) is 1. The second-order valence-corrected chi connectivity index (χ2v) is 7.02. The molecule has 1 heterocycles. The summed E-state index contributed by atoms with van der Waals surface area (Å²) < 4.78 is 37.6. The summed E-state index contributed by atoms with van der Waals surface area (Å²) in [6.45, 7) is 3.17. The van der Waals surface area contributed by atoms with E-state index in [1.54, 1.807) is 6.92 Å². The van der Waals surface area contributed by atoms with Crippen LogP contribution in [0.1, 0.15) is 12.5 Å². The molecule has 0 atom stereocenters. The first-order valence-corrected chi connectivity index (χ1v) is 7.98. The Morgan fingerprint density at radius 1 is 1.50 bits per heavy atom. The molecule has 2 rings (SSSR count). The average molecular weight is 297 g/mol. The molecule has 1 saturated heterocycles. The molecule has 5 nitrogen and oxygen atoms in total. The van der Waals surface area contributed by atoms with Crippen LogP contribution in [0.25, 0.3) is 0 Å². The lowest BCUT2D eigenvalue weighted by Gasteiger charge is -2.38. The van der Waals surface area contributed by atoms with Gasteiger partial charge in [-0.1, -0.05) is 0 Å². The minimum absolute atomic E-state index is 0.115. The molecule has 1 N–H and O–H groups in total. The quantitative estimate of drug-likeness (QED) is 0.891. The van der Waals surface area contributed by atoms with Crippen molar-refractivity contribution >= 4 is 15.7 Å².